The van der Waals surface area contributed by atoms with Crippen molar-refractivity contribution in [1.82, 2.24) is 0 Å². The zero-order chi connectivity index (χ0) is 9.84. The van der Waals surface area contributed by atoms with Crippen molar-refractivity contribution in [2.24, 2.45) is 0 Å². The predicted octanol–water partition coefficient (Wildman–Crippen LogP) is 2.54. The quantitative estimate of drug-likeness (QED) is 0.728. The van der Waals surface area contributed by atoms with Gasteiger partial charge in [0.1, 0.15) is 17.3 Å². The van der Waals surface area contributed by atoms with Gasteiger partial charge in [-0.2, -0.15) is 0 Å². The van der Waals surface area contributed by atoms with Gasteiger partial charge in [-0.25, -0.2) is 4.39 Å². The van der Waals surface area contributed by atoms with Gasteiger partial charge in [0.05, 0.1) is 12.2 Å². The van der Waals surface area contributed by atoms with Crippen LogP contribution in [-0.2, 0) is 4.74 Å². The highest BCUT2D eigenvalue weighted by Gasteiger charge is 2.06. The zero-order valence-electron chi connectivity index (χ0n) is 7.38. The van der Waals surface area contributed by atoms with Crippen LogP contribution in [0.5, 0.6) is 5.75 Å². The fraction of sp³-hybridized carbons (Fsp3) is 0.200. The van der Waals surface area contributed by atoms with Crippen molar-refractivity contribution >= 4 is 5.76 Å². The minimum atomic E-state index is -0.481. The van der Waals surface area contributed by atoms with Crippen LogP contribution in [0.2, 0.25) is 0 Å². The highest BCUT2D eigenvalue weighted by molar-refractivity contribution is 5.63. The first-order valence-electron chi connectivity index (χ1n) is 3.95. The topological polar surface area (TPSA) is 29.5 Å². The molecule has 0 unspecified atom stereocenters. The van der Waals surface area contributed by atoms with Gasteiger partial charge in [-0.15, -0.1) is 0 Å². The van der Waals surface area contributed by atoms with Gasteiger partial charge in [-0.05, 0) is 19.1 Å². The third-order valence-electron chi connectivity index (χ3n) is 1.58. The molecule has 0 atom stereocenters. The average Bonchev–Trinajstić information content (AvgIpc) is 2.04. The van der Waals surface area contributed by atoms with E-state index in [1.807, 2.05) is 6.92 Å². The molecule has 0 aliphatic carbocycles. The lowest BCUT2D eigenvalue weighted by Gasteiger charge is -2.08. The van der Waals surface area contributed by atoms with Crippen molar-refractivity contribution in [3.8, 4) is 5.75 Å². The van der Waals surface area contributed by atoms with Gasteiger partial charge < -0.3 is 9.84 Å². The molecule has 0 aliphatic rings. The van der Waals surface area contributed by atoms with Gasteiger partial charge in [0.15, 0.2) is 0 Å². The van der Waals surface area contributed by atoms with Gasteiger partial charge in [0.2, 0.25) is 0 Å². The summed E-state index contributed by atoms with van der Waals surface area (Å²) in [6.07, 6.45) is 0. The first-order chi connectivity index (χ1) is 6.15. The SMILES string of the molecule is C=C(OCC)c1ccc(F)cc1O. The molecule has 0 amide bonds. The number of ether oxygens (including phenoxy) is 1. The third-order valence-corrected chi connectivity index (χ3v) is 1.58. The summed E-state index contributed by atoms with van der Waals surface area (Å²) in [5, 5.41) is 9.31. The van der Waals surface area contributed by atoms with Crippen LogP contribution < -0.4 is 0 Å². The van der Waals surface area contributed by atoms with E-state index in [1.54, 1.807) is 0 Å². The molecule has 1 aromatic carbocycles. The average molecular weight is 182 g/mol. The maximum atomic E-state index is 12.6. The van der Waals surface area contributed by atoms with Crippen molar-refractivity contribution in [3.05, 3.63) is 36.2 Å². The van der Waals surface area contributed by atoms with Crippen LogP contribution in [0, 0.1) is 5.82 Å². The molecule has 0 fully saturated rings. The minimum absolute atomic E-state index is 0.154. The minimum Gasteiger partial charge on any atom is -0.507 e. The van der Waals surface area contributed by atoms with E-state index in [9.17, 15) is 9.50 Å². The van der Waals surface area contributed by atoms with E-state index in [0.717, 1.165) is 6.07 Å². The Morgan fingerprint density at radius 1 is 1.62 bits per heavy atom. The molecule has 0 saturated heterocycles. The Balaban J connectivity index is 2.95. The van der Waals surface area contributed by atoms with E-state index < -0.39 is 5.82 Å². The Bertz CT molecular complexity index is 321. The lowest BCUT2D eigenvalue weighted by atomic mass is 10.2. The second kappa shape index (κ2) is 3.94. The normalized spacial score (nSPS) is 9.69. The summed E-state index contributed by atoms with van der Waals surface area (Å²) >= 11 is 0. The van der Waals surface area contributed by atoms with E-state index >= 15 is 0 Å². The maximum absolute atomic E-state index is 12.6. The van der Waals surface area contributed by atoms with E-state index in [1.165, 1.54) is 12.1 Å². The number of aromatic hydroxyl groups is 1. The predicted molar refractivity (Wildman–Crippen MR) is 48.7 cm³/mol. The van der Waals surface area contributed by atoms with Crippen LogP contribution in [0.1, 0.15) is 12.5 Å². The maximum Gasteiger partial charge on any atom is 0.129 e. The van der Waals surface area contributed by atoms with Gasteiger partial charge in [0.25, 0.3) is 0 Å². The standard InChI is InChI=1S/C10H11FO2/c1-3-13-7(2)9-5-4-8(11)6-10(9)12/h4-6,12H,2-3H2,1H3. The molecule has 1 N–H and O–H groups in total. The van der Waals surface area contributed by atoms with Crippen LogP contribution in [0.25, 0.3) is 5.76 Å². The third kappa shape index (κ3) is 2.21. The number of phenolic OH excluding ortho intramolecular Hbond substituents is 1. The molecule has 0 radical (unpaired) electrons. The van der Waals surface area contributed by atoms with Crippen molar-refractivity contribution in [2.75, 3.05) is 6.61 Å². The van der Waals surface area contributed by atoms with Gasteiger partial charge >= 0.3 is 0 Å². The lowest BCUT2D eigenvalue weighted by Crippen LogP contribution is -1.90. The molecule has 0 spiro atoms. The molecule has 2 nitrogen and oxygen atoms in total. The molecular formula is C10H11FO2. The molecular weight excluding hydrogens is 171 g/mol. The number of phenols is 1. The first-order valence-corrected chi connectivity index (χ1v) is 3.95. The number of hydrogen-bond donors (Lipinski definition) is 1. The zero-order valence-corrected chi connectivity index (χ0v) is 7.38. The first kappa shape index (κ1) is 9.58. The summed E-state index contributed by atoms with van der Waals surface area (Å²) in [5.74, 6) is -0.288. The van der Waals surface area contributed by atoms with Crippen molar-refractivity contribution < 1.29 is 14.2 Å². The lowest BCUT2D eigenvalue weighted by molar-refractivity contribution is 0.297. The Morgan fingerprint density at radius 2 is 2.31 bits per heavy atom. The summed E-state index contributed by atoms with van der Waals surface area (Å²) in [5.41, 5.74) is 0.420. The Morgan fingerprint density at radius 3 is 2.85 bits per heavy atom. The molecule has 0 heterocycles. The molecule has 1 rings (SSSR count). The molecule has 70 valence electrons. The smallest absolute Gasteiger partial charge is 0.129 e. The summed E-state index contributed by atoms with van der Waals surface area (Å²) in [6, 6.07) is 3.71. The molecule has 1 aromatic rings. The number of benzene rings is 1. The fourth-order valence-corrected chi connectivity index (χ4v) is 0.993. The molecule has 0 aromatic heterocycles. The van der Waals surface area contributed by atoms with E-state index in [-0.39, 0.29) is 5.75 Å². The Kier molecular flexibility index (Phi) is 2.90. The number of rotatable bonds is 3. The van der Waals surface area contributed by atoms with Crippen LogP contribution >= 0.6 is 0 Å². The van der Waals surface area contributed by atoms with Crippen LogP contribution in [0.15, 0.2) is 24.8 Å². The second-order valence-electron chi connectivity index (χ2n) is 2.52. The fourth-order valence-electron chi connectivity index (χ4n) is 0.993. The molecule has 0 aliphatic heterocycles. The number of hydrogen-bond acceptors (Lipinski definition) is 2. The highest BCUT2D eigenvalue weighted by Crippen LogP contribution is 2.25. The van der Waals surface area contributed by atoms with Crippen molar-refractivity contribution in [3.63, 3.8) is 0 Å². The van der Waals surface area contributed by atoms with E-state index in [0.29, 0.717) is 17.9 Å². The van der Waals surface area contributed by atoms with E-state index in [4.69, 9.17) is 4.74 Å². The second-order valence-corrected chi connectivity index (χ2v) is 2.52. The molecule has 13 heavy (non-hydrogen) atoms. The van der Waals surface area contributed by atoms with Crippen molar-refractivity contribution in [1.29, 1.82) is 0 Å². The van der Waals surface area contributed by atoms with Gasteiger partial charge in [0, 0.05) is 6.07 Å². The van der Waals surface area contributed by atoms with Crippen LogP contribution in [-0.4, -0.2) is 11.7 Å². The summed E-state index contributed by atoms with van der Waals surface area (Å²) in [7, 11) is 0. The molecule has 0 bridgehead atoms. The number of halogens is 1. The Labute approximate surface area is 76.3 Å². The van der Waals surface area contributed by atoms with Crippen LogP contribution in [0.3, 0.4) is 0 Å². The Hall–Kier alpha value is -1.51. The van der Waals surface area contributed by atoms with Crippen molar-refractivity contribution in [2.45, 2.75) is 6.92 Å². The molecule has 3 heteroatoms. The monoisotopic (exact) mass is 182 g/mol. The summed E-state index contributed by atoms with van der Waals surface area (Å²) in [6.45, 7) is 5.88. The summed E-state index contributed by atoms with van der Waals surface area (Å²) < 4.78 is 17.6. The largest absolute Gasteiger partial charge is 0.507 e. The summed E-state index contributed by atoms with van der Waals surface area (Å²) in [4.78, 5) is 0. The van der Waals surface area contributed by atoms with E-state index in [2.05, 4.69) is 6.58 Å². The highest BCUT2D eigenvalue weighted by atomic mass is 19.1. The van der Waals surface area contributed by atoms with Crippen LogP contribution in [0.4, 0.5) is 4.39 Å². The van der Waals surface area contributed by atoms with Gasteiger partial charge in [-0.1, -0.05) is 6.58 Å². The molecule has 0 saturated carbocycles. The van der Waals surface area contributed by atoms with Gasteiger partial charge in [-0.3, -0.25) is 0 Å².